The molecule has 1 heterocycles. The quantitative estimate of drug-likeness (QED) is 0.268. The number of likely N-dealkylation sites (tertiary alicyclic amines) is 1. The number of methoxy groups -OCH3 is 1. The lowest BCUT2D eigenvalue weighted by molar-refractivity contribution is -0.140. The molecule has 1 aliphatic rings. The van der Waals surface area contributed by atoms with E-state index < -0.39 is 6.10 Å². The summed E-state index contributed by atoms with van der Waals surface area (Å²) in [5, 5.41) is 10.5. The Morgan fingerprint density at radius 1 is 1.32 bits per heavy atom. The van der Waals surface area contributed by atoms with Gasteiger partial charge in [0.25, 0.3) is 0 Å². The molecule has 31 heavy (non-hydrogen) atoms. The molecule has 5 nitrogen and oxygen atoms in total. The van der Waals surface area contributed by atoms with E-state index in [9.17, 15) is 14.7 Å². The fourth-order valence-corrected chi connectivity index (χ4v) is 3.35. The third kappa shape index (κ3) is 8.82. The van der Waals surface area contributed by atoms with Crippen LogP contribution in [-0.2, 0) is 14.3 Å². The van der Waals surface area contributed by atoms with Crippen molar-refractivity contribution in [1.29, 1.82) is 0 Å². The van der Waals surface area contributed by atoms with Crippen LogP contribution < -0.4 is 0 Å². The molecule has 0 unspecified atom stereocenters. The minimum Gasteiger partial charge on any atom is -0.469 e. The number of benzene rings is 1. The number of esters is 1. The molecule has 1 aromatic carbocycles. The minimum absolute atomic E-state index is 0.00414. The van der Waals surface area contributed by atoms with E-state index >= 15 is 0 Å². The van der Waals surface area contributed by atoms with E-state index in [1.165, 1.54) is 7.11 Å². The summed E-state index contributed by atoms with van der Waals surface area (Å²) in [6.45, 7) is 2.52. The summed E-state index contributed by atoms with van der Waals surface area (Å²) in [4.78, 5) is 25.1. The molecule has 0 bridgehead atoms. The van der Waals surface area contributed by atoms with Crippen molar-refractivity contribution in [2.24, 2.45) is 5.92 Å². The van der Waals surface area contributed by atoms with Gasteiger partial charge in [-0.1, -0.05) is 61.3 Å². The van der Waals surface area contributed by atoms with Crippen LogP contribution in [0.4, 0.5) is 0 Å². The number of aliphatic hydroxyl groups is 1. The first-order valence-corrected chi connectivity index (χ1v) is 10.9. The molecule has 1 fully saturated rings. The second-order valence-corrected chi connectivity index (χ2v) is 7.82. The molecule has 0 radical (unpaired) electrons. The summed E-state index contributed by atoms with van der Waals surface area (Å²) in [6.07, 6.45) is 10.9. The second-order valence-electron chi connectivity index (χ2n) is 7.82. The van der Waals surface area contributed by atoms with Crippen molar-refractivity contribution in [3.63, 3.8) is 0 Å². The average molecular weight is 424 g/mol. The lowest BCUT2D eigenvalue weighted by Gasteiger charge is -2.21. The molecule has 0 aliphatic carbocycles. The number of allylic oxidation sites excluding steroid dienone is 1. The van der Waals surface area contributed by atoms with Gasteiger partial charge < -0.3 is 14.7 Å². The predicted octanol–water partition coefficient (Wildman–Crippen LogP) is 3.87. The maximum atomic E-state index is 12.2. The molecule has 0 saturated carbocycles. The average Bonchev–Trinajstić information content (AvgIpc) is 3.14. The number of unbranched alkanes of at least 4 members (excludes halogenated alkanes) is 1. The topological polar surface area (TPSA) is 66.8 Å². The molecule has 1 saturated heterocycles. The number of nitrogens with zero attached hydrogens (tertiary/aromatic N) is 1. The molecule has 1 aromatic rings. The van der Waals surface area contributed by atoms with E-state index in [2.05, 4.69) is 16.6 Å². The van der Waals surface area contributed by atoms with Crippen molar-refractivity contribution in [1.82, 2.24) is 4.90 Å². The standard InChI is InChI=1S/C26H33NO4/c1-21(11-10-14-22-12-6-5-7-13-22)24(28)18-16-23-17-19-25(29)27(23)20-9-4-3-8-15-26(30)31-2/h4-7,9,12-13,16,18,21,23-24,28H,3,8,11,15,17,19-20H2,1-2H3/t21-,23-,24-/m0/s1. The van der Waals surface area contributed by atoms with Crippen LogP contribution in [-0.4, -0.2) is 47.7 Å². The van der Waals surface area contributed by atoms with E-state index in [1.54, 1.807) is 6.08 Å². The van der Waals surface area contributed by atoms with Crippen LogP contribution in [0.2, 0.25) is 0 Å². The molecular weight excluding hydrogens is 390 g/mol. The van der Waals surface area contributed by atoms with E-state index in [4.69, 9.17) is 0 Å². The fourth-order valence-electron chi connectivity index (χ4n) is 3.35. The van der Waals surface area contributed by atoms with Gasteiger partial charge in [-0.25, -0.2) is 0 Å². The smallest absolute Gasteiger partial charge is 0.305 e. The third-order valence-corrected chi connectivity index (χ3v) is 5.37. The van der Waals surface area contributed by atoms with Crippen molar-refractivity contribution in [3.8, 4) is 11.8 Å². The highest BCUT2D eigenvalue weighted by molar-refractivity contribution is 5.79. The number of hydrogen-bond donors (Lipinski definition) is 1. The van der Waals surface area contributed by atoms with E-state index in [0.29, 0.717) is 25.8 Å². The Balaban J connectivity index is 1.79. The Morgan fingerprint density at radius 3 is 2.84 bits per heavy atom. The maximum Gasteiger partial charge on any atom is 0.305 e. The zero-order chi connectivity index (χ0) is 22.5. The van der Waals surface area contributed by atoms with Crippen molar-refractivity contribution >= 4 is 11.9 Å². The second kappa shape index (κ2) is 13.5. The molecule has 1 N–H and O–H groups in total. The van der Waals surface area contributed by atoms with E-state index in [1.807, 2.05) is 60.4 Å². The number of aliphatic hydroxyl groups excluding tert-OH is 1. The summed E-state index contributed by atoms with van der Waals surface area (Å²) in [7, 11) is 1.39. The Labute approximate surface area is 185 Å². The van der Waals surface area contributed by atoms with Crippen LogP contribution in [0, 0.1) is 17.8 Å². The molecule has 1 aliphatic heterocycles. The predicted molar refractivity (Wildman–Crippen MR) is 122 cm³/mol. The van der Waals surface area contributed by atoms with Crippen LogP contribution in [0.25, 0.3) is 0 Å². The summed E-state index contributed by atoms with van der Waals surface area (Å²) < 4.78 is 4.62. The van der Waals surface area contributed by atoms with Crippen LogP contribution in [0.5, 0.6) is 0 Å². The first-order chi connectivity index (χ1) is 15.0. The SMILES string of the molecule is COC(=O)CCCC=CCN1C(=O)CC[C@@H]1C=C[C@H](O)[C@@H](C)CC#Cc1ccccc1. The summed E-state index contributed by atoms with van der Waals surface area (Å²) >= 11 is 0. The monoisotopic (exact) mass is 423 g/mol. The van der Waals surface area contributed by atoms with Crippen molar-refractivity contribution in [2.45, 2.75) is 57.6 Å². The highest BCUT2D eigenvalue weighted by atomic mass is 16.5. The van der Waals surface area contributed by atoms with Gasteiger partial charge in [0.1, 0.15) is 0 Å². The third-order valence-electron chi connectivity index (χ3n) is 5.37. The number of hydrogen-bond acceptors (Lipinski definition) is 4. The van der Waals surface area contributed by atoms with E-state index in [-0.39, 0.29) is 23.8 Å². The highest BCUT2D eigenvalue weighted by Gasteiger charge is 2.28. The zero-order valence-corrected chi connectivity index (χ0v) is 18.5. The Kier molecular flexibility index (Phi) is 10.6. The van der Waals surface area contributed by atoms with Crippen LogP contribution in [0.15, 0.2) is 54.6 Å². The molecule has 1 amide bonds. The normalized spacial score (nSPS) is 18.2. The first kappa shape index (κ1) is 24.4. The van der Waals surface area contributed by atoms with Gasteiger partial charge in [-0.15, -0.1) is 0 Å². The lowest BCUT2D eigenvalue weighted by atomic mass is 9.99. The number of rotatable bonds is 10. The number of carbonyl (C=O) groups is 2. The molecule has 166 valence electrons. The Morgan fingerprint density at radius 2 is 2.10 bits per heavy atom. The number of carbonyl (C=O) groups excluding carboxylic acids is 2. The summed E-state index contributed by atoms with van der Waals surface area (Å²) in [5.41, 5.74) is 0.971. The zero-order valence-electron chi connectivity index (χ0n) is 18.5. The Bertz CT molecular complexity index is 819. The minimum atomic E-state index is -0.600. The molecule has 2 rings (SSSR count). The van der Waals surface area contributed by atoms with Gasteiger partial charge in [0.05, 0.1) is 19.3 Å². The molecule has 5 heteroatoms. The van der Waals surface area contributed by atoms with Crippen molar-refractivity contribution in [3.05, 3.63) is 60.2 Å². The van der Waals surface area contributed by atoms with Gasteiger partial charge >= 0.3 is 5.97 Å². The van der Waals surface area contributed by atoms with Gasteiger partial charge in [0.2, 0.25) is 5.91 Å². The first-order valence-electron chi connectivity index (χ1n) is 10.9. The number of ether oxygens (including phenoxy) is 1. The van der Waals surface area contributed by atoms with Gasteiger partial charge in [-0.2, -0.15) is 0 Å². The van der Waals surface area contributed by atoms with Crippen LogP contribution >= 0.6 is 0 Å². The fraction of sp³-hybridized carbons (Fsp3) is 0.462. The molecule has 3 atom stereocenters. The van der Waals surface area contributed by atoms with Gasteiger partial charge in [0, 0.05) is 31.4 Å². The summed E-state index contributed by atoms with van der Waals surface area (Å²) in [6, 6.07) is 9.81. The van der Waals surface area contributed by atoms with Crippen molar-refractivity contribution in [2.75, 3.05) is 13.7 Å². The van der Waals surface area contributed by atoms with Crippen LogP contribution in [0.1, 0.15) is 51.0 Å². The maximum absolute atomic E-state index is 12.2. The lowest BCUT2D eigenvalue weighted by Crippen LogP contribution is -2.32. The Hall–Kier alpha value is -2.84. The van der Waals surface area contributed by atoms with Gasteiger partial charge in [-0.05, 0) is 37.3 Å². The molecule has 0 spiro atoms. The molecule has 0 aromatic heterocycles. The van der Waals surface area contributed by atoms with Crippen LogP contribution in [0.3, 0.4) is 0 Å². The van der Waals surface area contributed by atoms with Gasteiger partial charge in [-0.3, -0.25) is 9.59 Å². The summed E-state index contributed by atoms with van der Waals surface area (Å²) in [5.74, 6) is 6.19. The molecular formula is C26H33NO4. The largest absolute Gasteiger partial charge is 0.469 e. The highest BCUT2D eigenvalue weighted by Crippen LogP contribution is 2.21. The van der Waals surface area contributed by atoms with Gasteiger partial charge in [0.15, 0.2) is 0 Å². The number of amides is 1. The van der Waals surface area contributed by atoms with E-state index in [0.717, 1.165) is 24.8 Å². The van der Waals surface area contributed by atoms with Crippen molar-refractivity contribution < 1.29 is 19.4 Å².